The van der Waals surface area contributed by atoms with E-state index >= 15 is 0 Å². The second-order valence-corrected chi connectivity index (χ2v) is 3.74. The van der Waals surface area contributed by atoms with Crippen LogP contribution >= 0.6 is 0 Å². The Labute approximate surface area is 64.2 Å². The van der Waals surface area contributed by atoms with Crippen molar-refractivity contribution in [1.29, 1.82) is 0 Å². The molecule has 1 atom stereocenters. The molecule has 0 saturated carbocycles. The number of hydrogen-bond acceptors (Lipinski definition) is 2. The number of rotatable bonds is 3. The molecule has 0 aromatic carbocycles. The van der Waals surface area contributed by atoms with Gasteiger partial charge in [-0.3, -0.25) is 5.32 Å². The van der Waals surface area contributed by atoms with Gasteiger partial charge >= 0.3 is 0 Å². The molecule has 0 aliphatic carbocycles. The number of nitrogens with one attached hydrogen (secondary N) is 1. The summed E-state index contributed by atoms with van der Waals surface area (Å²) in [6.07, 6.45) is 0. The van der Waals surface area contributed by atoms with Crippen molar-refractivity contribution in [1.82, 2.24) is 5.32 Å². The van der Waals surface area contributed by atoms with Gasteiger partial charge in [-0.05, 0) is 26.7 Å². The fourth-order valence-electron chi connectivity index (χ4n) is 0.789. The molecular formula is C8H20N2. The molecule has 1 unspecified atom stereocenters. The average molecular weight is 144 g/mol. The van der Waals surface area contributed by atoms with E-state index in [4.69, 9.17) is 5.73 Å². The molecule has 0 fully saturated rings. The van der Waals surface area contributed by atoms with Crippen molar-refractivity contribution in [3.63, 3.8) is 0 Å². The highest BCUT2D eigenvalue weighted by Gasteiger charge is 2.22. The molecule has 3 N–H and O–H groups in total. The maximum Gasteiger partial charge on any atom is 0.0658 e. The Bertz CT molecular complexity index is 95.4. The number of nitrogens with two attached hydrogens (primary N) is 1. The smallest absolute Gasteiger partial charge is 0.0658 e. The molecule has 0 radical (unpaired) electrons. The van der Waals surface area contributed by atoms with Gasteiger partial charge in [0.05, 0.1) is 5.66 Å². The zero-order valence-electron chi connectivity index (χ0n) is 7.73. The standard InChI is InChI=1S/C8H20N2/c1-6(2)8(5,9)10-7(3)4/h6-7,10H,9H2,1-5H3. The molecule has 62 valence electrons. The van der Waals surface area contributed by atoms with Crippen LogP contribution in [0.4, 0.5) is 0 Å². The van der Waals surface area contributed by atoms with Crippen LogP contribution < -0.4 is 11.1 Å². The highest BCUT2D eigenvalue weighted by molar-refractivity contribution is 4.80. The normalized spacial score (nSPS) is 18.0. The summed E-state index contributed by atoms with van der Waals surface area (Å²) in [5, 5.41) is 3.30. The van der Waals surface area contributed by atoms with Gasteiger partial charge in [-0.2, -0.15) is 0 Å². The van der Waals surface area contributed by atoms with E-state index in [0.29, 0.717) is 12.0 Å². The van der Waals surface area contributed by atoms with E-state index in [0.717, 1.165) is 0 Å². The van der Waals surface area contributed by atoms with Gasteiger partial charge in [-0.15, -0.1) is 0 Å². The first kappa shape index (κ1) is 9.92. The predicted molar refractivity (Wildman–Crippen MR) is 45.7 cm³/mol. The largest absolute Gasteiger partial charge is 0.313 e. The van der Waals surface area contributed by atoms with Gasteiger partial charge in [0.2, 0.25) is 0 Å². The van der Waals surface area contributed by atoms with Crippen molar-refractivity contribution >= 4 is 0 Å². The Morgan fingerprint density at radius 3 is 1.70 bits per heavy atom. The summed E-state index contributed by atoms with van der Waals surface area (Å²) in [6, 6.07) is 0.456. The molecule has 0 aliphatic rings. The van der Waals surface area contributed by atoms with E-state index < -0.39 is 0 Å². The van der Waals surface area contributed by atoms with Crippen LogP contribution in [0.15, 0.2) is 0 Å². The minimum Gasteiger partial charge on any atom is -0.313 e. The molecular weight excluding hydrogens is 124 g/mol. The molecule has 0 aliphatic heterocycles. The van der Waals surface area contributed by atoms with Gasteiger partial charge in [0.15, 0.2) is 0 Å². The topological polar surface area (TPSA) is 38.0 Å². The lowest BCUT2D eigenvalue weighted by molar-refractivity contribution is 0.250. The lowest BCUT2D eigenvalue weighted by Gasteiger charge is -2.32. The summed E-state index contributed by atoms with van der Waals surface area (Å²) in [5.74, 6) is 0.467. The summed E-state index contributed by atoms with van der Waals surface area (Å²) < 4.78 is 0. The van der Waals surface area contributed by atoms with E-state index in [1.54, 1.807) is 0 Å². The molecule has 0 heterocycles. The predicted octanol–water partition coefficient (Wildman–Crippen LogP) is 1.32. The fourth-order valence-corrected chi connectivity index (χ4v) is 0.789. The van der Waals surface area contributed by atoms with Crippen molar-refractivity contribution in [2.75, 3.05) is 0 Å². The van der Waals surface area contributed by atoms with Crippen LogP contribution in [0.1, 0.15) is 34.6 Å². The zero-order chi connectivity index (χ0) is 8.36. The molecule has 0 spiro atoms. The van der Waals surface area contributed by atoms with E-state index in [2.05, 4.69) is 33.0 Å². The van der Waals surface area contributed by atoms with Crippen molar-refractivity contribution in [3.05, 3.63) is 0 Å². The van der Waals surface area contributed by atoms with E-state index in [9.17, 15) is 0 Å². The Hall–Kier alpha value is -0.0800. The monoisotopic (exact) mass is 144 g/mol. The van der Waals surface area contributed by atoms with E-state index in [1.165, 1.54) is 0 Å². The molecule has 2 nitrogen and oxygen atoms in total. The minimum atomic E-state index is -0.228. The van der Waals surface area contributed by atoms with Crippen LogP contribution in [0.5, 0.6) is 0 Å². The van der Waals surface area contributed by atoms with Crippen LogP contribution in [0, 0.1) is 5.92 Å². The third-order valence-electron chi connectivity index (χ3n) is 1.80. The molecule has 2 heteroatoms. The first-order valence-electron chi connectivity index (χ1n) is 3.93. The SMILES string of the molecule is CC(C)NC(C)(N)C(C)C. The van der Waals surface area contributed by atoms with Gasteiger partial charge in [-0.1, -0.05) is 13.8 Å². The summed E-state index contributed by atoms with van der Waals surface area (Å²) in [6.45, 7) is 10.5. The van der Waals surface area contributed by atoms with Crippen LogP contribution in [-0.4, -0.2) is 11.7 Å². The van der Waals surface area contributed by atoms with Gasteiger partial charge in [-0.25, -0.2) is 0 Å². The lowest BCUT2D eigenvalue weighted by atomic mass is 9.98. The van der Waals surface area contributed by atoms with E-state index in [-0.39, 0.29) is 5.66 Å². The average Bonchev–Trinajstić information content (AvgIpc) is 1.60. The van der Waals surface area contributed by atoms with E-state index in [1.807, 2.05) is 6.92 Å². The van der Waals surface area contributed by atoms with Crippen molar-refractivity contribution < 1.29 is 0 Å². The third-order valence-corrected chi connectivity index (χ3v) is 1.80. The molecule has 0 bridgehead atoms. The number of hydrogen-bond donors (Lipinski definition) is 2. The molecule has 0 amide bonds. The summed E-state index contributed by atoms with van der Waals surface area (Å²) >= 11 is 0. The molecule has 0 saturated heterocycles. The van der Waals surface area contributed by atoms with Crippen LogP contribution in [-0.2, 0) is 0 Å². The van der Waals surface area contributed by atoms with Crippen molar-refractivity contribution in [3.8, 4) is 0 Å². The molecule has 0 aromatic rings. The lowest BCUT2D eigenvalue weighted by Crippen LogP contribution is -2.57. The fraction of sp³-hybridized carbons (Fsp3) is 1.00. The summed E-state index contributed by atoms with van der Waals surface area (Å²) in [5.41, 5.74) is 5.72. The Balaban J connectivity index is 3.87. The molecule has 0 rings (SSSR count). The third kappa shape index (κ3) is 3.18. The van der Waals surface area contributed by atoms with Crippen molar-refractivity contribution in [2.45, 2.75) is 46.3 Å². The highest BCUT2D eigenvalue weighted by atomic mass is 15.1. The van der Waals surface area contributed by atoms with Gasteiger partial charge in [0.25, 0.3) is 0 Å². The Kier molecular flexibility index (Phi) is 3.33. The molecule has 10 heavy (non-hydrogen) atoms. The minimum absolute atomic E-state index is 0.228. The van der Waals surface area contributed by atoms with Crippen LogP contribution in [0.2, 0.25) is 0 Å². The Morgan fingerprint density at radius 1 is 1.20 bits per heavy atom. The molecule has 0 aromatic heterocycles. The van der Waals surface area contributed by atoms with Gasteiger partial charge in [0, 0.05) is 6.04 Å². The Morgan fingerprint density at radius 2 is 1.60 bits per heavy atom. The first-order valence-corrected chi connectivity index (χ1v) is 3.93. The van der Waals surface area contributed by atoms with Crippen LogP contribution in [0.3, 0.4) is 0 Å². The summed E-state index contributed by atoms with van der Waals surface area (Å²) in [7, 11) is 0. The highest BCUT2D eigenvalue weighted by Crippen LogP contribution is 2.09. The second kappa shape index (κ2) is 3.35. The summed E-state index contributed by atoms with van der Waals surface area (Å²) in [4.78, 5) is 0. The van der Waals surface area contributed by atoms with Gasteiger partial charge in [0.1, 0.15) is 0 Å². The van der Waals surface area contributed by atoms with Crippen LogP contribution in [0.25, 0.3) is 0 Å². The second-order valence-electron chi connectivity index (χ2n) is 3.74. The van der Waals surface area contributed by atoms with Gasteiger partial charge < -0.3 is 5.73 Å². The van der Waals surface area contributed by atoms with Crippen molar-refractivity contribution in [2.24, 2.45) is 11.7 Å². The zero-order valence-corrected chi connectivity index (χ0v) is 7.73. The quantitative estimate of drug-likeness (QED) is 0.586. The maximum absolute atomic E-state index is 5.95. The maximum atomic E-state index is 5.95. The first-order chi connectivity index (χ1) is 4.36.